The summed E-state index contributed by atoms with van der Waals surface area (Å²) in [5, 5.41) is 6.19. The lowest BCUT2D eigenvalue weighted by molar-refractivity contribution is 0.237. The molecular formula is C6H10N4. The van der Waals surface area contributed by atoms with Crippen molar-refractivity contribution in [2.24, 2.45) is 5.10 Å². The minimum atomic E-state index is 0.324. The molecule has 0 radical (unpaired) electrons. The Balaban J connectivity index is 2.17. The van der Waals surface area contributed by atoms with Crippen molar-refractivity contribution in [1.82, 2.24) is 15.9 Å². The maximum Gasteiger partial charge on any atom is 0.123 e. The fourth-order valence-electron chi connectivity index (χ4n) is 1.19. The van der Waals surface area contributed by atoms with Gasteiger partial charge in [0, 0.05) is 24.5 Å². The monoisotopic (exact) mass is 138 g/mol. The van der Waals surface area contributed by atoms with Crippen LogP contribution in [0.15, 0.2) is 17.5 Å². The largest absolute Gasteiger partial charge is 0.325 e. The summed E-state index contributed by atoms with van der Waals surface area (Å²) in [5.41, 5.74) is 7.19. The number of rotatable bonds is 0. The van der Waals surface area contributed by atoms with E-state index in [1.54, 1.807) is 0 Å². The van der Waals surface area contributed by atoms with E-state index in [-0.39, 0.29) is 0 Å². The maximum atomic E-state index is 4.27. The van der Waals surface area contributed by atoms with Crippen LogP contribution in [0.3, 0.4) is 0 Å². The lowest BCUT2D eigenvalue weighted by Gasteiger charge is -2.24. The number of fused-ring (bicyclic) bond motifs is 1. The Morgan fingerprint density at radius 2 is 2.70 bits per heavy atom. The predicted octanol–water partition coefficient (Wildman–Crippen LogP) is -0.0269. The zero-order valence-corrected chi connectivity index (χ0v) is 5.83. The summed E-state index contributed by atoms with van der Waals surface area (Å²) >= 11 is 0. The normalized spacial score (nSPS) is 29.5. The predicted molar refractivity (Wildman–Crippen MR) is 38.8 cm³/mol. The quantitative estimate of drug-likeness (QED) is 0.494. The molecule has 0 aromatic rings. The summed E-state index contributed by atoms with van der Waals surface area (Å²) < 4.78 is 0. The molecule has 2 N–H and O–H groups in total. The molecule has 0 bridgehead atoms. The summed E-state index contributed by atoms with van der Waals surface area (Å²) in [6.45, 7) is 2.04. The number of nitrogens with zero attached hydrogens (tertiary/aromatic N) is 2. The van der Waals surface area contributed by atoms with Crippen LogP contribution in [0, 0.1) is 0 Å². The van der Waals surface area contributed by atoms with Crippen LogP contribution in [-0.2, 0) is 0 Å². The van der Waals surface area contributed by atoms with E-state index in [0.717, 1.165) is 6.42 Å². The first-order valence-corrected chi connectivity index (χ1v) is 3.36. The molecule has 2 aliphatic rings. The number of hydrazine groups is 1. The van der Waals surface area contributed by atoms with Gasteiger partial charge < -0.3 is 5.43 Å². The van der Waals surface area contributed by atoms with Crippen molar-refractivity contribution in [3.05, 3.63) is 12.4 Å². The van der Waals surface area contributed by atoms with Gasteiger partial charge in [-0.05, 0) is 6.92 Å². The van der Waals surface area contributed by atoms with E-state index < -0.39 is 0 Å². The van der Waals surface area contributed by atoms with Gasteiger partial charge in [-0.15, -0.1) is 0 Å². The first kappa shape index (κ1) is 5.73. The highest BCUT2D eigenvalue weighted by molar-refractivity contribution is 5.83. The lowest BCUT2D eigenvalue weighted by atomic mass is 10.3. The van der Waals surface area contributed by atoms with E-state index >= 15 is 0 Å². The van der Waals surface area contributed by atoms with E-state index in [1.165, 1.54) is 5.71 Å². The van der Waals surface area contributed by atoms with Crippen molar-refractivity contribution in [3.63, 3.8) is 0 Å². The number of nitrogens with one attached hydrogen (secondary N) is 2. The van der Waals surface area contributed by atoms with Crippen molar-refractivity contribution in [2.45, 2.75) is 19.5 Å². The van der Waals surface area contributed by atoms with Gasteiger partial charge in [0.2, 0.25) is 0 Å². The van der Waals surface area contributed by atoms with Crippen molar-refractivity contribution in [3.8, 4) is 0 Å². The molecule has 0 aromatic heterocycles. The van der Waals surface area contributed by atoms with Gasteiger partial charge in [0.1, 0.15) is 6.17 Å². The highest BCUT2D eigenvalue weighted by Gasteiger charge is 2.23. The summed E-state index contributed by atoms with van der Waals surface area (Å²) in [6.07, 6.45) is 5.08. The van der Waals surface area contributed by atoms with Gasteiger partial charge in [0.05, 0.1) is 0 Å². The Kier molecular flexibility index (Phi) is 1.14. The van der Waals surface area contributed by atoms with E-state index in [1.807, 2.05) is 24.3 Å². The molecule has 1 atom stereocenters. The molecule has 0 aliphatic carbocycles. The Morgan fingerprint density at radius 1 is 1.80 bits per heavy atom. The Hall–Kier alpha value is -1.03. The fourth-order valence-corrected chi connectivity index (χ4v) is 1.19. The molecule has 1 unspecified atom stereocenters. The molecule has 4 heteroatoms. The summed E-state index contributed by atoms with van der Waals surface area (Å²) in [4.78, 5) is 0. The lowest BCUT2D eigenvalue weighted by Crippen LogP contribution is -2.47. The molecule has 0 aromatic carbocycles. The van der Waals surface area contributed by atoms with E-state index in [0.29, 0.717) is 6.17 Å². The summed E-state index contributed by atoms with van der Waals surface area (Å²) in [5.74, 6) is 0. The van der Waals surface area contributed by atoms with Gasteiger partial charge in [-0.3, -0.25) is 5.01 Å². The average Bonchev–Trinajstić information content (AvgIpc) is 2.27. The Bertz CT molecular complexity index is 196. The van der Waals surface area contributed by atoms with Crippen LogP contribution in [0.5, 0.6) is 0 Å². The number of hydrogen-bond donors (Lipinski definition) is 2. The Labute approximate surface area is 59.6 Å². The highest BCUT2D eigenvalue weighted by Crippen LogP contribution is 2.13. The zero-order chi connectivity index (χ0) is 6.97. The van der Waals surface area contributed by atoms with E-state index in [9.17, 15) is 0 Å². The molecule has 0 spiro atoms. The second-order valence-corrected chi connectivity index (χ2v) is 2.54. The Morgan fingerprint density at radius 3 is 3.50 bits per heavy atom. The van der Waals surface area contributed by atoms with Gasteiger partial charge in [-0.1, -0.05) is 0 Å². The minimum Gasteiger partial charge on any atom is -0.325 e. The van der Waals surface area contributed by atoms with Crippen LogP contribution < -0.4 is 10.9 Å². The van der Waals surface area contributed by atoms with Gasteiger partial charge in [-0.2, -0.15) is 5.10 Å². The summed E-state index contributed by atoms with van der Waals surface area (Å²) in [7, 11) is 0. The second-order valence-electron chi connectivity index (χ2n) is 2.54. The molecule has 0 saturated heterocycles. The first-order valence-electron chi connectivity index (χ1n) is 3.36. The molecule has 4 nitrogen and oxygen atoms in total. The average molecular weight is 138 g/mol. The standard InChI is InChI=1S/C6H10N4/c1-5-4-6-8-7-2-3-10(6)9-5/h2-3,6-8H,4H2,1H3. The van der Waals surface area contributed by atoms with Crippen molar-refractivity contribution < 1.29 is 0 Å². The third-order valence-electron chi connectivity index (χ3n) is 1.65. The molecule has 2 aliphatic heterocycles. The van der Waals surface area contributed by atoms with Crippen molar-refractivity contribution >= 4 is 5.71 Å². The molecular weight excluding hydrogens is 128 g/mol. The fraction of sp³-hybridized carbons (Fsp3) is 0.500. The molecule has 10 heavy (non-hydrogen) atoms. The van der Waals surface area contributed by atoms with E-state index in [4.69, 9.17) is 0 Å². The van der Waals surface area contributed by atoms with Gasteiger partial charge >= 0.3 is 0 Å². The SMILES string of the molecule is CC1=NN2C=CNNC2C1. The zero-order valence-electron chi connectivity index (χ0n) is 5.83. The molecule has 2 heterocycles. The van der Waals surface area contributed by atoms with Gasteiger partial charge in [0.25, 0.3) is 0 Å². The third-order valence-corrected chi connectivity index (χ3v) is 1.65. The molecule has 2 rings (SSSR count). The van der Waals surface area contributed by atoms with Crippen molar-refractivity contribution in [1.29, 1.82) is 0 Å². The van der Waals surface area contributed by atoms with Crippen LogP contribution in [-0.4, -0.2) is 16.9 Å². The minimum absolute atomic E-state index is 0.324. The highest BCUT2D eigenvalue weighted by atomic mass is 15.6. The van der Waals surface area contributed by atoms with Crippen LogP contribution in [0.4, 0.5) is 0 Å². The third kappa shape index (κ3) is 0.769. The maximum absolute atomic E-state index is 4.27. The first-order chi connectivity index (χ1) is 4.86. The second kappa shape index (κ2) is 1.98. The molecule has 0 saturated carbocycles. The van der Waals surface area contributed by atoms with Crippen LogP contribution in [0.2, 0.25) is 0 Å². The van der Waals surface area contributed by atoms with Gasteiger partial charge in [0.15, 0.2) is 0 Å². The molecule has 54 valence electrons. The van der Waals surface area contributed by atoms with Crippen LogP contribution >= 0.6 is 0 Å². The smallest absolute Gasteiger partial charge is 0.123 e. The van der Waals surface area contributed by atoms with Crippen molar-refractivity contribution in [2.75, 3.05) is 0 Å². The number of hydrogen-bond acceptors (Lipinski definition) is 4. The van der Waals surface area contributed by atoms with Crippen LogP contribution in [0.25, 0.3) is 0 Å². The number of hydrazone groups is 1. The summed E-state index contributed by atoms with van der Waals surface area (Å²) in [6, 6.07) is 0. The molecule has 0 amide bonds. The van der Waals surface area contributed by atoms with E-state index in [2.05, 4.69) is 16.0 Å². The molecule has 0 fully saturated rings. The van der Waals surface area contributed by atoms with Gasteiger partial charge in [-0.25, -0.2) is 5.43 Å². The van der Waals surface area contributed by atoms with Crippen LogP contribution in [0.1, 0.15) is 13.3 Å². The topological polar surface area (TPSA) is 39.7 Å².